The lowest BCUT2D eigenvalue weighted by Gasteiger charge is -2.62. The van der Waals surface area contributed by atoms with E-state index in [1.54, 1.807) is 6.07 Å². The van der Waals surface area contributed by atoms with Crippen molar-refractivity contribution in [2.75, 3.05) is 0 Å². The van der Waals surface area contributed by atoms with Crippen LogP contribution in [0.4, 0.5) is 5.69 Å². The Kier molecular flexibility index (Phi) is 8.38. The summed E-state index contributed by atoms with van der Waals surface area (Å²) in [7, 11) is 0. The van der Waals surface area contributed by atoms with Crippen LogP contribution in [0.1, 0.15) is 48.8 Å². The Labute approximate surface area is 328 Å². The smallest absolute Gasteiger partial charge is 0.189 e. The third kappa shape index (κ3) is 5.88. The van der Waals surface area contributed by atoms with E-state index in [-0.39, 0.29) is 5.41 Å². The van der Waals surface area contributed by atoms with Crippen LogP contribution >= 0.6 is 0 Å². The maximum absolute atomic E-state index is 9.60. The van der Waals surface area contributed by atoms with Gasteiger partial charge in [0.2, 0.25) is 0 Å². The third-order valence-electron chi connectivity index (χ3n) is 12.8. The van der Waals surface area contributed by atoms with E-state index < -0.39 is 0 Å². The summed E-state index contributed by atoms with van der Waals surface area (Å²) >= 11 is 0. The zero-order valence-electron chi connectivity index (χ0n) is 31.0. The molecule has 0 atom stereocenters. The Balaban J connectivity index is 0.984. The molecular formula is C51H39N5. The molecule has 6 aromatic carbocycles. The van der Waals surface area contributed by atoms with Gasteiger partial charge in [0.05, 0.1) is 12.6 Å². The molecule has 11 rings (SSSR count). The van der Waals surface area contributed by atoms with E-state index in [2.05, 4.69) is 83.7 Å². The molecule has 1 aromatic heterocycles. The van der Waals surface area contributed by atoms with Gasteiger partial charge in [-0.3, -0.25) is 0 Å². The molecule has 4 aliphatic rings. The van der Waals surface area contributed by atoms with Crippen molar-refractivity contribution in [3.8, 4) is 62.5 Å². The number of hydrogen-bond acceptors (Lipinski definition) is 4. The molecular weight excluding hydrogens is 683 g/mol. The summed E-state index contributed by atoms with van der Waals surface area (Å²) in [4.78, 5) is 18.3. The van der Waals surface area contributed by atoms with E-state index >= 15 is 0 Å². The van der Waals surface area contributed by atoms with Crippen LogP contribution in [0.25, 0.3) is 61.3 Å². The second kappa shape index (κ2) is 13.9. The van der Waals surface area contributed by atoms with Crippen LogP contribution in [-0.4, -0.2) is 15.0 Å². The van der Waals surface area contributed by atoms with E-state index in [0.29, 0.717) is 40.6 Å². The normalized spacial score (nSPS) is 22.0. The fraction of sp³-hybridized carbons (Fsp3) is 0.196. The molecule has 4 saturated carbocycles. The van der Waals surface area contributed by atoms with Crippen molar-refractivity contribution in [3.05, 3.63) is 180 Å². The summed E-state index contributed by atoms with van der Waals surface area (Å²) in [6.45, 7) is 7.55. The minimum absolute atomic E-state index is 0.0316. The van der Waals surface area contributed by atoms with Gasteiger partial charge in [-0.1, -0.05) is 133 Å². The van der Waals surface area contributed by atoms with Crippen LogP contribution in [0.15, 0.2) is 152 Å². The molecule has 4 aliphatic carbocycles. The molecule has 0 radical (unpaired) electrons. The summed E-state index contributed by atoms with van der Waals surface area (Å²) in [6.07, 6.45) is 6.59. The van der Waals surface area contributed by atoms with Gasteiger partial charge in [0.1, 0.15) is 0 Å². The van der Waals surface area contributed by atoms with Crippen LogP contribution in [0.5, 0.6) is 0 Å². The quantitative estimate of drug-likeness (QED) is 0.154. The lowest BCUT2D eigenvalue weighted by atomic mass is 9.42. The van der Waals surface area contributed by atoms with Gasteiger partial charge in [0.15, 0.2) is 23.2 Å². The minimum atomic E-state index is -0.0316. The maximum atomic E-state index is 9.60. The summed E-state index contributed by atoms with van der Waals surface area (Å²) in [5, 5.41) is 9.60. The number of nitriles is 1. The maximum Gasteiger partial charge on any atom is 0.189 e. The number of aromatic nitrogens is 3. The minimum Gasteiger partial charge on any atom is -0.238 e. The monoisotopic (exact) mass is 721 g/mol. The number of hydrogen-bond donors (Lipinski definition) is 0. The average molecular weight is 722 g/mol. The third-order valence-corrected chi connectivity index (χ3v) is 12.8. The van der Waals surface area contributed by atoms with Gasteiger partial charge in [-0.05, 0) is 107 Å². The van der Waals surface area contributed by atoms with Gasteiger partial charge in [-0.2, -0.15) is 5.26 Å². The zero-order valence-corrected chi connectivity index (χ0v) is 31.0. The molecule has 0 N–H and O–H groups in total. The van der Waals surface area contributed by atoms with Crippen molar-refractivity contribution in [2.45, 2.75) is 37.5 Å². The number of nitrogens with zero attached hydrogens (tertiary/aromatic N) is 5. The lowest BCUT2D eigenvalue weighted by molar-refractivity contribution is -0.0418. The van der Waals surface area contributed by atoms with E-state index in [1.807, 2.05) is 72.8 Å². The summed E-state index contributed by atoms with van der Waals surface area (Å²) in [5.41, 5.74) is 11.0. The molecule has 56 heavy (non-hydrogen) atoms. The topological polar surface area (TPSA) is 66.8 Å². The molecule has 7 aromatic rings. The molecule has 4 fully saturated rings. The van der Waals surface area contributed by atoms with Crippen LogP contribution in [-0.2, 0) is 5.41 Å². The molecule has 5 nitrogen and oxygen atoms in total. The van der Waals surface area contributed by atoms with E-state index in [0.717, 1.165) is 45.2 Å². The fourth-order valence-corrected chi connectivity index (χ4v) is 10.6. The van der Waals surface area contributed by atoms with Gasteiger partial charge < -0.3 is 0 Å². The Hall–Kier alpha value is -6.69. The van der Waals surface area contributed by atoms with Crippen LogP contribution in [0.3, 0.4) is 0 Å². The van der Waals surface area contributed by atoms with E-state index in [9.17, 15) is 5.26 Å². The van der Waals surface area contributed by atoms with Gasteiger partial charge in [-0.25, -0.2) is 19.8 Å². The Morgan fingerprint density at radius 3 is 1.34 bits per heavy atom. The SMILES string of the molecule is [C-]#[N+]c1cc(C#N)cc(-c2ccc(C3(c4ccc(-c5ccc(-c6nc(-c7ccccc7)nc(-c7ccccc7)n6)cc5)cc4)C4CC5CC(C4)CC3C5)cc2)c1. The van der Waals surface area contributed by atoms with Crippen molar-refractivity contribution in [1.29, 1.82) is 5.26 Å². The highest BCUT2D eigenvalue weighted by molar-refractivity contribution is 5.73. The molecule has 0 unspecified atom stereocenters. The predicted molar refractivity (Wildman–Crippen MR) is 222 cm³/mol. The standard InChI is InChI=1S/C51H39N5/c1-53-47-30-35(32-52)25-42(31-47)38-18-22-44(23-19-38)51(45-26-33-24-34(28-45)29-46(51)27-33)43-20-16-37(17-21-43)36-12-14-41(15-13-36)50-55-48(39-8-4-2-5-9-39)54-49(56-50)40-10-6-3-7-11-40/h2-23,25,30-31,33-34,45-46H,24,26-29H2. The van der Waals surface area contributed by atoms with Gasteiger partial charge in [0, 0.05) is 27.7 Å². The molecule has 0 amide bonds. The lowest BCUT2D eigenvalue weighted by Crippen LogP contribution is -2.56. The molecule has 5 heteroatoms. The highest BCUT2D eigenvalue weighted by atomic mass is 15.0. The molecule has 0 saturated heterocycles. The van der Waals surface area contributed by atoms with Crippen molar-refractivity contribution < 1.29 is 0 Å². The van der Waals surface area contributed by atoms with E-state index in [4.69, 9.17) is 21.5 Å². The highest BCUT2D eigenvalue weighted by Gasteiger charge is 2.58. The predicted octanol–water partition coefficient (Wildman–Crippen LogP) is 12.4. The first-order valence-corrected chi connectivity index (χ1v) is 19.7. The molecule has 0 spiro atoms. The number of rotatable bonds is 7. The van der Waals surface area contributed by atoms with Crippen molar-refractivity contribution >= 4 is 5.69 Å². The first kappa shape index (κ1) is 33.8. The summed E-state index contributed by atoms with van der Waals surface area (Å²) in [5.74, 6) is 4.90. The Bertz CT molecular complexity index is 2520. The van der Waals surface area contributed by atoms with Gasteiger partial charge >= 0.3 is 0 Å². The van der Waals surface area contributed by atoms with Crippen molar-refractivity contribution in [3.63, 3.8) is 0 Å². The zero-order chi connectivity index (χ0) is 37.6. The Morgan fingerprint density at radius 1 is 0.482 bits per heavy atom. The average Bonchev–Trinajstić information content (AvgIpc) is 3.27. The van der Waals surface area contributed by atoms with Crippen molar-refractivity contribution in [2.24, 2.45) is 23.7 Å². The Morgan fingerprint density at radius 2 is 0.893 bits per heavy atom. The van der Waals surface area contributed by atoms with Crippen LogP contribution in [0, 0.1) is 41.6 Å². The second-order valence-electron chi connectivity index (χ2n) is 15.9. The largest absolute Gasteiger partial charge is 0.238 e. The van der Waals surface area contributed by atoms with Gasteiger partial charge in [0.25, 0.3) is 0 Å². The first-order chi connectivity index (χ1) is 27.6. The van der Waals surface area contributed by atoms with Crippen molar-refractivity contribution in [1.82, 2.24) is 15.0 Å². The van der Waals surface area contributed by atoms with Crippen LogP contribution < -0.4 is 0 Å². The fourth-order valence-electron chi connectivity index (χ4n) is 10.6. The molecule has 1 heterocycles. The first-order valence-electron chi connectivity index (χ1n) is 19.7. The van der Waals surface area contributed by atoms with Gasteiger partial charge in [-0.15, -0.1) is 0 Å². The van der Waals surface area contributed by atoms with Crippen LogP contribution in [0.2, 0.25) is 0 Å². The molecule has 4 bridgehead atoms. The highest BCUT2D eigenvalue weighted by Crippen LogP contribution is 2.65. The summed E-state index contributed by atoms with van der Waals surface area (Å²) in [6, 6.07) is 55.0. The van der Waals surface area contributed by atoms with E-state index in [1.165, 1.54) is 48.8 Å². The summed E-state index contributed by atoms with van der Waals surface area (Å²) < 4.78 is 0. The number of benzene rings is 6. The molecule has 0 aliphatic heterocycles. The second-order valence-corrected chi connectivity index (χ2v) is 15.9. The molecule has 268 valence electrons.